The number of aromatic nitrogens is 1. The van der Waals surface area contributed by atoms with E-state index in [0.717, 1.165) is 18.3 Å². The van der Waals surface area contributed by atoms with Gasteiger partial charge in [-0.3, -0.25) is 4.98 Å². The lowest BCUT2D eigenvalue weighted by atomic mass is 10.0. The summed E-state index contributed by atoms with van der Waals surface area (Å²) in [5, 5.41) is -0.173. The third-order valence-electron chi connectivity index (χ3n) is 2.41. The number of halogens is 5. The number of pyridine rings is 1. The Hall–Kier alpha value is -1.82. The molecule has 0 fully saturated rings. The van der Waals surface area contributed by atoms with Crippen molar-refractivity contribution in [3.8, 4) is 11.3 Å². The fourth-order valence-corrected chi connectivity index (χ4v) is 1.69. The van der Waals surface area contributed by atoms with E-state index in [9.17, 15) is 17.6 Å². The summed E-state index contributed by atoms with van der Waals surface area (Å²) in [4.78, 5) is 3.63. The largest absolute Gasteiger partial charge is 0.418 e. The van der Waals surface area contributed by atoms with Crippen LogP contribution in [0.25, 0.3) is 11.3 Å². The molecule has 0 spiro atoms. The van der Waals surface area contributed by atoms with Crippen molar-refractivity contribution in [2.45, 2.75) is 6.18 Å². The second-order valence-electron chi connectivity index (χ2n) is 3.79. The molecular weight excluding hydrogens is 284 g/mol. The molecule has 0 radical (unpaired) electrons. The number of benzene rings is 1. The van der Waals surface area contributed by atoms with Crippen LogP contribution in [0, 0.1) is 5.82 Å². The normalized spacial score (nSPS) is 11.6. The van der Waals surface area contributed by atoms with Crippen molar-refractivity contribution in [2.75, 3.05) is 5.73 Å². The highest BCUT2D eigenvalue weighted by Gasteiger charge is 2.34. The molecule has 1 aromatic carbocycles. The number of alkyl halides is 3. The van der Waals surface area contributed by atoms with Gasteiger partial charge in [-0.25, -0.2) is 4.39 Å². The number of hydrogen-bond donors (Lipinski definition) is 1. The van der Waals surface area contributed by atoms with Gasteiger partial charge in [0.2, 0.25) is 0 Å². The average Bonchev–Trinajstić information content (AvgIpc) is 2.32. The standard InChI is InChI=1S/C12H7ClF4N2/c13-9-2-1-6(3-10(9)14)11-8(12(15,16)17)4-7(18)5-19-11/h1-5H,18H2. The Morgan fingerprint density at radius 3 is 2.42 bits per heavy atom. The van der Waals surface area contributed by atoms with Gasteiger partial charge in [-0.2, -0.15) is 13.2 Å². The molecule has 0 bridgehead atoms. The first-order valence-corrected chi connectivity index (χ1v) is 5.45. The third kappa shape index (κ3) is 2.78. The van der Waals surface area contributed by atoms with E-state index in [1.807, 2.05) is 0 Å². The fraction of sp³-hybridized carbons (Fsp3) is 0.0833. The summed E-state index contributed by atoms with van der Waals surface area (Å²) in [6.07, 6.45) is -3.55. The highest BCUT2D eigenvalue weighted by atomic mass is 35.5. The third-order valence-corrected chi connectivity index (χ3v) is 2.71. The first-order chi connectivity index (χ1) is 8.79. The molecule has 19 heavy (non-hydrogen) atoms. The minimum Gasteiger partial charge on any atom is -0.397 e. The first kappa shape index (κ1) is 13.6. The highest BCUT2D eigenvalue weighted by Crippen LogP contribution is 2.37. The molecule has 1 heterocycles. The smallest absolute Gasteiger partial charge is 0.397 e. The van der Waals surface area contributed by atoms with E-state index in [-0.39, 0.29) is 16.3 Å². The van der Waals surface area contributed by atoms with Gasteiger partial charge in [0.25, 0.3) is 0 Å². The molecule has 1 aromatic heterocycles. The van der Waals surface area contributed by atoms with Crippen LogP contribution in [0.1, 0.15) is 5.56 Å². The first-order valence-electron chi connectivity index (χ1n) is 5.07. The second-order valence-corrected chi connectivity index (χ2v) is 4.20. The molecule has 0 aliphatic heterocycles. The lowest BCUT2D eigenvalue weighted by Crippen LogP contribution is -2.09. The second kappa shape index (κ2) is 4.70. The number of anilines is 1. The molecule has 2 nitrogen and oxygen atoms in total. The van der Waals surface area contributed by atoms with E-state index in [1.165, 1.54) is 12.1 Å². The summed E-state index contributed by atoms with van der Waals surface area (Å²) >= 11 is 5.49. The number of rotatable bonds is 1. The molecule has 100 valence electrons. The van der Waals surface area contributed by atoms with Crippen LogP contribution >= 0.6 is 11.6 Å². The predicted molar refractivity (Wildman–Crippen MR) is 64.1 cm³/mol. The predicted octanol–water partition coefficient (Wildman–Crippen LogP) is 4.14. The van der Waals surface area contributed by atoms with Gasteiger partial charge in [0, 0.05) is 5.56 Å². The van der Waals surface area contributed by atoms with E-state index < -0.39 is 23.3 Å². The van der Waals surface area contributed by atoms with Crippen molar-refractivity contribution in [1.82, 2.24) is 4.98 Å². The Bertz CT molecular complexity index is 626. The van der Waals surface area contributed by atoms with Crippen LogP contribution in [0.4, 0.5) is 23.2 Å². The molecule has 0 aliphatic carbocycles. The summed E-state index contributed by atoms with van der Waals surface area (Å²) in [5.41, 5.74) is 3.75. The van der Waals surface area contributed by atoms with Gasteiger partial charge in [-0.05, 0) is 18.2 Å². The Morgan fingerprint density at radius 1 is 1.16 bits per heavy atom. The van der Waals surface area contributed by atoms with E-state index in [1.54, 1.807) is 0 Å². The topological polar surface area (TPSA) is 38.9 Å². The maximum Gasteiger partial charge on any atom is 0.418 e. The molecule has 7 heteroatoms. The van der Waals surface area contributed by atoms with Crippen molar-refractivity contribution in [1.29, 1.82) is 0 Å². The maximum atomic E-state index is 13.3. The lowest BCUT2D eigenvalue weighted by Gasteiger charge is -2.13. The summed E-state index contributed by atoms with van der Waals surface area (Å²) in [5.74, 6) is -0.814. The number of nitrogens with zero attached hydrogens (tertiary/aromatic N) is 1. The Labute approximate surface area is 110 Å². The van der Waals surface area contributed by atoms with Crippen LogP contribution in [-0.2, 0) is 6.18 Å². The van der Waals surface area contributed by atoms with Crippen molar-refractivity contribution in [3.05, 3.63) is 46.9 Å². The summed E-state index contributed by atoms with van der Waals surface area (Å²) in [6, 6.07) is 4.09. The maximum absolute atomic E-state index is 13.3. The molecule has 2 N–H and O–H groups in total. The zero-order valence-corrected chi connectivity index (χ0v) is 10.1. The molecule has 0 saturated heterocycles. The molecule has 0 unspecified atom stereocenters. The van der Waals surface area contributed by atoms with Crippen LogP contribution in [0.2, 0.25) is 5.02 Å². The van der Waals surface area contributed by atoms with E-state index in [4.69, 9.17) is 17.3 Å². The van der Waals surface area contributed by atoms with Crippen LogP contribution in [0.3, 0.4) is 0 Å². The Morgan fingerprint density at radius 2 is 1.84 bits per heavy atom. The minimum absolute atomic E-state index is 0.0192. The Balaban J connectivity index is 2.65. The van der Waals surface area contributed by atoms with E-state index in [0.29, 0.717) is 0 Å². The summed E-state index contributed by atoms with van der Waals surface area (Å²) in [7, 11) is 0. The number of nitrogens with two attached hydrogens (primary N) is 1. The number of nitrogen functional groups attached to an aromatic ring is 1. The molecule has 2 aromatic rings. The average molecular weight is 291 g/mol. The van der Waals surface area contributed by atoms with Gasteiger partial charge in [0.15, 0.2) is 0 Å². The molecule has 0 saturated carbocycles. The molecule has 0 amide bonds. The van der Waals surface area contributed by atoms with Gasteiger partial charge < -0.3 is 5.73 Å². The van der Waals surface area contributed by atoms with Crippen molar-refractivity contribution < 1.29 is 17.6 Å². The van der Waals surface area contributed by atoms with Crippen LogP contribution in [-0.4, -0.2) is 4.98 Å². The van der Waals surface area contributed by atoms with E-state index in [2.05, 4.69) is 4.98 Å². The van der Waals surface area contributed by atoms with Crippen molar-refractivity contribution in [2.24, 2.45) is 0 Å². The fourth-order valence-electron chi connectivity index (χ4n) is 1.57. The zero-order chi connectivity index (χ0) is 14.2. The lowest BCUT2D eigenvalue weighted by molar-refractivity contribution is -0.137. The van der Waals surface area contributed by atoms with Gasteiger partial charge in [-0.1, -0.05) is 17.7 Å². The van der Waals surface area contributed by atoms with Gasteiger partial charge in [0.05, 0.1) is 28.2 Å². The minimum atomic E-state index is -4.63. The quantitative estimate of drug-likeness (QED) is 0.802. The molecular formula is C12H7ClF4N2. The molecule has 2 rings (SSSR count). The van der Waals surface area contributed by atoms with Crippen molar-refractivity contribution in [3.63, 3.8) is 0 Å². The summed E-state index contributed by atoms with van der Waals surface area (Å²) in [6.45, 7) is 0. The van der Waals surface area contributed by atoms with Crippen LogP contribution in [0.5, 0.6) is 0 Å². The van der Waals surface area contributed by atoms with Crippen LogP contribution in [0.15, 0.2) is 30.5 Å². The van der Waals surface area contributed by atoms with Gasteiger partial charge in [-0.15, -0.1) is 0 Å². The molecule has 0 aliphatic rings. The van der Waals surface area contributed by atoms with E-state index >= 15 is 0 Å². The Kier molecular flexibility index (Phi) is 3.36. The van der Waals surface area contributed by atoms with Gasteiger partial charge >= 0.3 is 6.18 Å². The SMILES string of the molecule is Nc1cnc(-c2ccc(Cl)c(F)c2)c(C(F)(F)F)c1. The monoisotopic (exact) mass is 290 g/mol. The molecule has 0 atom stereocenters. The van der Waals surface area contributed by atoms with Crippen LogP contribution < -0.4 is 5.73 Å². The zero-order valence-electron chi connectivity index (χ0n) is 9.30. The highest BCUT2D eigenvalue weighted by molar-refractivity contribution is 6.30. The van der Waals surface area contributed by atoms with Crippen molar-refractivity contribution >= 4 is 17.3 Å². The number of hydrogen-bond acceptors (Lipinski definition) is 2. The van der Waals surface area contributed by atoms with Gasteiger partial charge in [0.1, 0.15) is 5.82 Å². The summed E-state index contributed by atoms with van der Waals surface area (Å²) < 4.78 is 51.9.